The van der Waals surface area contributed by atoms with Gasteiger partial charge in [0.1, 0.15) is 0 Å². The van der Waals surface area contributed by atoms with Crippen molar-refractivity contribution < 1.29 is 4.79 Å². The molecule has 170 valence electrons. The van der Waals surface area contributed by atoms with Crippen LogP contribution in [0.1, 0.15) is 62.5 Å². The lowest BCUT2D eigenvalue weighted by Crippen LogP contribution is -2.50. The monoisotopic (exact) mass is 425 g/mol. The first-order chi connectivity index (χ1) is 15.2. The van der Waals surface area contributed by atoms with Gasteiger partial charge in [0.05, 0.1) is 0 Å². The highest BCUT2D eigenvalue weighted by Gasteiger charge is 2.27. The third-order valence-corrected chi connectivity index (χ3v) is 7.28. The zero-order valence-corrected chi connectivity index (χ0v) is 19.1. The van der Waals surface area contributed by atoms with Gasteiger partial charge < -0.3 is 20.4 Å². The number of carbonyl (C=O) groups is 1. The van der Waals surface area contributed by atoms with Gasteiger partial charge in [0.2, 0.25) is 5.91 Å². The Balaban J connectivity index is 1.12. The van der Waals surface area contributed by atoms with Crippen molar-refractivity contribution in [1.82, 2.24) is 20.4 Å². The first-order valence-electron chi connectivity index (χ1n) is 12.3. The summed E-state index contributed by atoms with van der Waals surface area (Å²) in [6.07, 6.45) is 10.4. The van der Waals surface area contributed by atoms with E-state index in [0.717, 1.165) is 44.5 Å². The van der Waals surface area contributed by atoms with E-state index in [9.17, 15) is 4.79 Å². The Morgan fingerprint density at radius 3 is 2.55 bits per heavy atom. The molecule has 4 rings (SSSR count). The summed E-state index contributed by atoms with van der Waals surface area (Å²) in [5.41, 5.74) is 2.68. The fourth-order valence-electron chi connectivity index (χ4n) is 5.38. The lowest BCUT2D eigenvalue weighted by Gasteiger charge is -2.36. The van der Waals surface area contributed by atoms with Crippen molar-refractivity contribution in [2.45, 2.75) is 76.4 Å². The van der Waals surface area contributed by atoms with Gasteiger partial charge in [0, 0.05) is 58.3 Å². The number of amides is 1. The van der Waals surface area contributed by atoms with E-state index >= 15 is 0 Å². The molecule has 2 aliphatic heterocycles. The van der Waals surface area contributed by atoms with Crippen LogP contribution in [-0.2, 0) is 17.8 Å². The standard InChI is InChI=1S/C25H39N5O/c1-26-25(28-22-13-17-29(18-14-22)23-9-4-5-10-23)27-15-6-11-24(31)30-16-12-20-7-2-3-8-21(20)19-30/h2-3,7-8,22-23H,4-6,9-19H2,1H3,(H2,26,27,28). The number of nitrogens with one attached hydrogen (secondary N) is 2. The molecule has 2 N–H and O–H groups in total. The fourth-order valence-corrected chi connectivity index (χ4v) is 5.38. The molecule has 6 heteroatoms. The molecule has 0 bridgehead atoms. The van der Waals surface area contributed by atoms with Crippen LogP contribution in [0.4, 0.5) is 0 Å². The number of hydrogen-bond donors (Lipinski definition) is 2. The molecule has 1 saturated heterocycles. The van der Waals surface area contributed by atoms with Crippen LogP contribution in [0.15, 0.2) is 29.3 Å². The molecule has 1 saturated carbocycles. The van der Waals surface area contributed by atoms with Gasteiger partial charge in [-0.1, -0.05) is 37.1 Å². The average molecular weight is 426 g/mol. The Bertz CT molecular complexity index is 750. The summed E-state index contributed by atoms with van der Waals surface area (Å²) >= 11 is 0. The molecule has 0 unspecified atom stereocenters. The molecule has 0 spiro atoms. The van der Waals surface area contributed by atoms with Crippen molar-refractivity contribution in [2.75, 3.05) is 33.2 Å². The predicted octanol–water partition coefficient (Wildman–Crippen LogP) is 2.92. The predicted molar refractivity (Wildman–Crippen MR) is 126 cm³/mol. The Morgan fingerprint density at radius 1 is 1.06 bits per heavy atom. The lowest BCUT2D eigenvalue weighted by molar-refractivity contribution is -0.132. The van der Waals surface area contributed by atoms with E-state index < -0.39 is 0 Å². The topological polar surface area (TPSA) is 60.0 Å². The van der Waals surface area contributed by atoms with E-state index in [0.29, 0.717) is 12.5 Å². The largest absolute Gasteiger partial charge is 0.356 e. The van der Waals surface area contributed by atoms with Crippen LogP contribution in [0.25, 0.3) is 0 Å². The van der Waals surface area contributed by atoms with Gasteiger partial charge in [-0.2, -0.15) is 0 Å². The number of guanidine groups is 1. The highest BCUT2D eigenvalue weighted by atomic mass is 16.2. The van der Waals surface area contributed by atoms with Crippen molar-refractivity contribution in [3.63, 3.8) is 0 Å². The second-order valence-electron chi connectivity index (χ2n) is 9.33. The molecule has 0 radical (unpaired) electrons. The number of aliphatic imine (C=N–C) groups is 1. The first-order valence-corrected chi connectivity index (χ1v) is 12.3. The molecule has 1 aromatic carbocycles. The number of fused-ring (bicyclic) bond motifs is 1. The molecule has 0 atom stereocenters. The maximum absolute atomic E-state index is 12.6. The van der Waals surface area contributed by atoms with Crippen molar-refractivity contribution in [2.24, 2.45) is 4.99 Å². The zero-order chi connectivity index (χ0) is 21.5. The van der Waals surface area contributed by atoms with Crippen LogP contribution in [0.3, 0.4) is 0 Å². The number of carbonyl (C=O) groups excluding carboxylic acids is 1. The van der Waals surface area contributed by atoms with Gasteiger partial charge in [-0.15, -0.1) is 0 Å². The van der Waals surface area contributed by atoms with E-state index in [1.165, 1.54) is 62.7 Å². The second-order valence-corrected chi connectivity index (χ2v) is 9.33. The first kappa shape index (κ1) is 22.1. The molecule has 1 aromatic rings. The van der Waals surface area contributed by atoms with Crippen LogP contribution in [0, 0.1) is 0 Å². The molecule has 3 aliphatic rings. The number of hydrogen-bond acceptors (Lipinski definition) is 3. The van der Waals surface area contributed by atoms with Gasteiger partial charge in [0.15, 0.2) is 5.96 Å². The summed E-state index contributed by atoms with van der Waals surface area (Å²) in [6.45, 7) is 4.77. The van der Waals surface area contributed by atoms with E-state index in [4.69, 9.17) is 0 Å². The maximum atomic E-state index is 12.6. The zero-order valence-electron chi connectivity index (χ0n) is 19.1. The molecule has 31 heavy (non-hydrogen) atoms. The minimum atomic E-state index is 0.263. The maximum Gasteiger partial charge on any atom is 0.222 e. The summed E-state index contributed by atoms with van der Waals surface area (Å²) in [7, 11) is 1.83. The van der Waals surface area contributed by atoms with Crippen molar-refractivity contribution >= 4 is 11.9 Å². The second kappa shape index (κ2) is 11.0. The number of benzene rings is 1. The highest BCUT2D eigenvalue weighted by Crippen LogP contribution is 2.26. The SMILES string of the molecule is CN=C(NCCCC(=O)N1CCc2ccccc2C1)NC1CCN(C2CCCC2)CC1. The fraction of sp³-hybridized carbons (Fsp3) is 0.680. The smallest absolute Gasteiger partial charge is 0.222 e. The lowest BCUT2D eigenvalue weighted by atomic mass is 9.99. The molecule has 2 fully saturated rings. The highest BCUT2D eigenvalue weighted by molar-refractivity contribution is 5.80. The van der Waals surface area contributed by atoms with Crippen molar-refractivity contribution in [3.05, 3.63) is 35.4 Å². The van der Waals surface area contributed by atoms with E-state index in [2.05, 4.69) is 44.8 Å². The van der Waals surface area contributed by atoms with Gasteiger partial charge in [0.25, 0.3) is 0 Å². The Labute approximate surface area is 187 Å². The van der Waals surface area contributed by atoms with Crippen LogP contribution in [0.5, 0.6) is 0 Å². The van der Waals surface area contributed by atoms with Crippen LogP contribution < -0.4 is 10.6 Å². The summed E-state index contributed by atoms with van der Waals surface area (Å²) in [6, 6.07) is 9.81. The molecule has 0 aromatic heterocycles. The molecule has 1 aliphatic carbocycles. The van der Waals surface area contributed by atoms with Crippen LogP contribution >= 0.6 is 0 Å². The van der Waals surface area contributed by atoms with Crippen molar-refractivity contribution in [1.29, 1.82) is 0 Å². The third kappa shape index (κ3) is 6.00. The minimum absolute atomic E-state index is 0.263. The Morgan fingerprint density at radius 2 is 1.81 bits per heavy atom. The number of likely N-dealkylation sites (tertiary alicyclic amines) is 1. The van der Waals surface area contributed by atoms with Gasteiger partial charge in [-0.3, -0.25) is 9.79 Å². The normalized spacial score (nSPS) is 21.2. The van der Waals surface area contributed by atoms with Crippen molar-refractivity contribution in [3.8, 4) is 0 Å². The Hall–Kier alpha value is -2.08. The van der Waals surface area contributed by atoms with Gasteiger partial charge >= 0.3 is 0 Å². The molecule has 6 nitrogen and oxygen atoms in total. The third-order valence-electron chi connectivity index (χ3n) is 7.28. The van der Waals surface area contributed by atoms with Crippen LogP contribution in [-0.4, -0.2) is 67.0 Å². The summed E-state index contributed by atoms with van der Waals surface area (Å²) < 4.78 is 0. The van der Waals surface area contributed by atoms with E-state index in [1.54, 1.807) is 0 Å². The summed E-state index contributed by atoms with van der Waals surface area (Å²) in [5.74, 6) is 1.14. The van der Waals surface area contributed by atoms with E-state index in [-0.39, 0.29) is 5.91 Å². The number of nitrogens with zero attached hydrogens (tertiary/aromatic N) is 3. The summed E-state index contributed by atoms with van der Waals surface area (Å²) in [5, 5.41) is 7.01. The summed E-state index contributed by atoms with van der Waals surface area (Å²) in [4.78, 5) is 21.7. The van der Waals surface area contributed by atoms with Crippen LogP contribution in [0.2, 0.25) is 0 Å². The molecular weight excluding hydrogens is 386 g/mol. The van der Waals surface area contributed by atoms with Gasteiger partial charge in [-0.25, -0.2) is 0 Å². The average Bonchev–Trinajstić information content (AvgIpc) is 3.36. The number of rotatable bonds is 6. The molecule has 2 heterocycles. The van der Waals surface area contributed by atoms with E-state index in [1.807, 2.05) is 11.9 Å². The van der Waals surface area contributed by atoms with Gasteiger partial charge in [-0.05, 0) is 49.7 Å². The molecule has 1 amide bonds. The Kier molecular flexibility index (Phi) is 7.84. The molecular formula is C25H39N5O. The minimum Gasteiger partial charge on any atom is -0.356 e. The number of piperidine rings is 1. The quantitative estimate of drug-likeness (QED) is 0.418.